The molecular formula is C13H19N3O2S. The fraction of sp³-hybridized carbons (Fsp3) is 0.615. The lowest BCUT2D eigenvalue weighted by atomic mass is 10.3. The Bertz CT molecular complexity index is 448. The molecule has 1 saturated carbocycles. The Balaban J connectivity index is 1.95. The SMILES string of the molecule is CCOC(=O)c1cnc(CSC2CCCC2)nc1N. The second-order valence-corrected chi connectivity index (χ2v) is 5.81. The maximum Gasteiger partial charge on any atom is 0.343 e. The molecule has 0 saturated heterocycles. The lowest BCUT2D eigenvalue weighted by Gasteiger charge is -2.09. The van der Waals surface area contributed by atoms with E-state index in [1.807, 2.05) is 11.8 Å². The van der Waals surface area contributed by atoms with Crippen molar-refractivity contribution in [1.82, 2.24) is 9.97 Å². The molecule has 2 rings (SSSR count). The van der Waals surface area contributed by atoms with Crippen LogP contribution < -0.4 is 5.73 Å². The summed E-state index contributed by atoms with van der Waals surface area (Å²) in [5, 5.41) is 0.717. The van der Waals surface area contributed by atoms with Crippen LogP contribution in [-0.2, 0) is 10.5 Å². The van der Waals surface area contributed by atoms with E-state index in [2.05, 4.69) is 9.97 Å². The third kappa shape index (κ3) is 3.83. The van der Waals surface area contributed by atoms with Gasteiger partial charge in [0.05, 0.1) is 12.4 Å². The number of aromatic nitrogens is 2. The van der Waals surface area contributed by atoms with Gasteiger partial charge in [-0.1, -0.05) is 12.8 Å². The smallest absolute Gasteiger partial charge is 0.343 e. The number of esters is 1. The number of carbonyl (C=O) groups excluding carboxylic acids is 1. The van der Waals surface area contributed by atoms with Crippen LogP contribution in [0.25, 0.3) is 0 Å². The molecule has 6 heteroatoms. The van der Waals surface area contributed by atoms with Crippen molar-refractivity contribution >= 4 is 23.5 Å². The van der Waals surface area contributed by atoms with Gasteiger partial charge in [0.1, 0.15) is 17.2 Å². The summed E-state index contributed by atoms with van der Waals surface area (Å²) in [4.78, 5) is 19.9. The Hall–Kier alpha value is -1.30. The lowest BCUT2D eigenvalue weighted by molar-refractivity contribution is 0.0526. The summed E-state index contributed by atoms with van der Waals surface area (Å²) >= 11 is 1.87. The molecule has 1 aliphatic rings. The molecule has 0 aliphatic heterocycles. The minimum atomic E-state index is -0.463. The predicted octanol–water partition coefficient (Wildman–Crippen LogP) is 2.41. The van der Waals surface area contributed by atoms with Crippen molar-refractivity contribution in [3.63, 3.8) is 0 Å². The number of anilines is 1. The number of nitrogens with two attached hydrogens (primary N) is 1. The Morgan fingerprint density at radius 1 is 1.53 bits per heavy atom. The average molecular weight is 281 g/mol. The highest BCUT2D eigenvalue weighted by molar-refractivity contribution is 7.99. The third-order valence-corrected chi connectivity index (χ3v) is 4.48. The van der Waals surface area contributed by atoms with E-state index in [-0.39, 0.29) is 11.4 Å². The zero-order valence-electron chi connectivity index (χ0n) is 11.1. The minimum absolute atomic E-state index is 0.204. The van der Waals surface area contributed by atoms with Crippen LogP contribution in [0.4, 0.5) is 5.82 Å². The normalized spacial score (nSPS) is 15.6. The van der Waals surface area contributed by atoms with Gasteiger partial charge in [-0.2, -0.15) is 11.8 Å². The first-order chi connectivity index (χ1) is 9.20. The second-order valence-electron chi connectivity index (χ2n) is 4.52. The van der Waals surface area contributed by atoms with E-state index >= 15 is 0 Å². The summed E-state index contributed by atoms with van der Waals surface area (Å²) in [5.41, 5.74) is 6.02. The largest absolute Gasteiger partial charge is 0.462 e. The lowest BCUT2D eigenvalue weighted by Crippen LogP contribution is -2.11. The minimum Gasteiger partial charge on any atom is -0.462 e. The Labute approximate surface area is 117 Å². The number of thioether (sulfide) groups is 1. The standard InChI is InChI=1S/C13H19N3O2S/c1-2-18-13(17)10-7-15-11(16-12(10)14)8-19-9-5-3-4-6-9/h7,9H,2-6,8H2,1H3,(H2,14,15,16). The monoisotopic (exact) mass is 281 g/mol. The van der Waals surface area contributed by atoms with Gasteiger partial charge in [-0.25, -0.2) is 14.8 Å². The Morgan fingerprint density at radius 3 is 2.89 bits per heavy atom. The zero-order chi connectivity index (χ0) is 13.7. The second kappa shape index (κ2) is 6.75. The summed E-state index contributed by atoms with van der Waals surface area (Å²) in [6.07, 6.45) is 6.66. The van der Waals surface area contributed by atoms with E-state index in [4.69, 9.17) is 10.5 Å². The van der Waals surface area contributed by atoms with Gasteiger partial charge in [0.2, 0.25) is 0 Å². The van der Waals surface area contributed by atoms with Crippen molar-refractivity contribution in [3.05, 3.63) is 17.6 Å². The van der Waals surface area contributed by atoms with Gasteiger partial charge < -0.3 is 10.5 Å². The van der Waals surface area contributed by atoms with E-state index in [9.17, 15) is 4.79 Å². The van der Waals surface area contributed by atoms with Crippen molar-refractivity contribution in [2.75, 3.05) is 12.3 Å². The first kappa shape index (κ1) is 14.1. The van der Waals surface area contributed by atoms with Gasteiger partial charge >= 0.3 is 5.97 Å². The summed E-state index contributed by atoms with van der Waals surface area (Å²) in [6.45, 7) is 2.07. The van der Waals surface area contributed by atoms with Crippen LogP contribution in [0.3, 0.4) is 0 Å². The Morgan fingerprint density at radius 2 is 2.26 bits per heavy atom. The first-order valence-corrected chi connectivity index (χ1v) is 7.65. The summed E-state index contributed by atoms with van der Waals surface area (Å²) in [6, 6.07) is 0. The molecule has 0 atom stereocenters. The topological polar surface area (TPSA) is 78.1 Å². The number of nitrogen functional groups attached to an aromatic ring is 1. The van der Waals surface area contributed by atoms with E-state index in [1.54, 1.807) is 6.92 Å². The molecule has 2 N–H and O–H groups in total. The number of rotatable bonds is 5. The van der Waals surface area contributed by atoms with Gasteiger partial charge in [-0.15, -0.1) is 0 Å². The van der Waals surface area contributed by atoms with Crippen LogP contribution in [0.2, 0.25) is 0 Å². The van der Waals surface area contributed by atoms with Crippen molar-refractivity contribution in [3.8, 4) is 0 Å². The number of carbonyl (C=O) groups is 1. The molecule has 0 unspecified atom stereocenters. The summed E-state index contributed by atoms with van der Waals surface area (Å²) < 4.78 is 4.89. The van der Waals surface area contributed by atoms with Crippen molar-refractivity contribution in [2.24, 2.45) is 0 Å². The molecule has 19 heavy (non-hydrogen) atoms. The van der Waals surface area contributed by atoms with Crippen LogP contribution in [0, 0.1) is 0 Å². The molecule has 0 spiro atoms. The first-order valence-electron chi connectivity index (χ1n) is 6.60. The zero-order valence-corrected chi connectivity index (χ0v) is 11.9. The molecule has 5 nitrogen and oxygen atoms in total. The predicted molar refractivity (Wildman–Crippen MR) is 76.0 cm³/mol. The highest BCUT2D eigenvalue weighted by Crippen LogP contribution is 2.31. The number of hydrogen-bond acceptors (Lipinski definition) is 6. The molecule has 1 fully saturated rings. The molecule has 0 amide bonds. The quantitative estimate of drug-likeness (QED) is 0.835. The Kier molecular flexibility index (Phi) is 5.01. The van der Waals surface area contributed by atoms with Crippen molar-refractivity contribution in [1.29, 1.82) is 0 Å². The fourth-order valence-electron chi connectivity index (χ4n) is 2.12. The maximum absolute atomic E-state index is 11.6. The molecule has 1 aliphatic carbocycles. The van der Waals surface area contributed by atoms with Gasteiger partial charge in [0, 0.05) is 11.4 Å². The van der Waals surface area contributed by atoms with E-state index in [1.165, 1.54) is 31.9 Å². The van der Waals surface area contributed by atoms with Crippen LogP contribution in [0.1, 0.15) is 48.8 Å². The fourth-order valence-corrected chi connectivity index (χ4v) is 3.31. The molecule has 0 bridgehead atoms. The van der Waals surface area contributed by atoms with Crippen LogP contribution in [-0.4, -0.2) is 27.8 Å². The molecule has 104 valence electrons. The van der Waals surface area contributed by atoms with Crippen molar-refractivity contribution in [2.45, 2.75) is 43.6 Å². The molecule has 1 aromatic rings. The van der Waals surface area contributed by atoms with Crippen LogP contribution in [0.15, 0.2) is 6.20 Å². The number of hydrogen-bond donors (Lipinski definition) is 1. The third-order valence-electron chi connectivity index (χ3n) is 3.11. The van der Waals surface area contributed by atoms with E-state index in [0.717, 1.165) is 11.0 Å². The molecule has 1 heterocycles. The van der Waals surface area contributed by atoms with Crippen LogP contribution >= 0.6 is 11.8 Å². The number of nitrogens with zero attached hydrogens (tertiary/aromatic N) is 2. The van der Waals surface area contributed by atoms with Gasteiger partial charge in [-0.05, 0) is 19.8 Å². The summed E-state index contributed by atoms with van der Waals surface area (Å²) in [7, 11) is 0. The van der Waals surface area contributed by atoms with Crippen molar-refractivity contribution < 1.29 is 9.53 Å². The summed E-state index contributed by atoms with van der Waals surface area (Å²) in [5.74, 6) is 1.17. The highest BCUT2D eigenvalue weighted by Gasteiger charge is 2.17. The average Bonchev–Trinajstić information content (AvgIpc) is 2.89. The maximum atomic E-state index is 11.6. The van der Waals surface area contributed by atoms with Gasteiger partial charge in [0.25, 0.3) is 0 Å². The highest BCUT2D eigenvalue weighted by atomic mass is 32.2. The molecular weight excluding hydrogens is 262 g/mol. The van der Waals surface area contributed by atoms with E-state index < -0.39 is 5.97 Å². The molecule has 1 aromatic heterocycles. The van der Waals surface area contributed by atoms with Gasteiger partial charge in [-0.3, -0.25) is 0 Å². The van der Waals surface area contributed by atoms with Gasteiger partial charge in [0.15, 0.2) is 0 Å². The number of ether oxygens (including phenoxy) is 1. The molecule has 0 radical (unpaired) electrons. The molecule has 0 aromatic carbocycles. The van der Waals surface area contributed by atoms with Crippen LogP contribution in [0.5, 0.6) is 0 Å². The van der Waals surface area contributed by atoms with E-state index in [0.29, 0.717) is 12.4 Å².